The van der Waals surface area contributed by atoms with Crippen LogP contribution >= 0.6 is 0 Å². The Labute approximate surface area is 157 Å². The minimum absolute atomic E-state index is 0.0426. The molecule has 0 atom stereocenters. The van der Waals surface area contributed by atoms with E-state index in [0.717, 1.165) is 50.9 Å². The van der Waals surface area contributed by atoms with E-state index in [2.05, 4.69) is 16.8 Å². The normalized spacial score (nSPS) is 24.6. The topological polar surface area (TPSA) is 53.1 Å². The molecule has 0 unspecified atom stereocenters. The Bertz CT molecular complexity index is 463. The van der Waals surface area contributed by atoms with Gasteiger partial charge < -0.3 is 14.5 Å². The Balaban J connectivity index is 1.31. The fourth-order valence-corrected chi connectivity index (χ4v) is 4.69. The molecular formula is C20H35N3O3. The van der Waals surface area contributed by atoms with Crippen LogP contribution in [-0.2, 0) is 14.3 Å². The van der Waals surface area contributed by atoms with Crippen LogP contribution in [-0.4, -0.2) is 86.0 Å². The quantitative estimate of drug-likeness (QED) is 0.693. The van der Waals surface area contributed by atoms with E-state index in [1.165, 1.54) is 45.2 Å². The third-order valence-electron chi connectivity index (χ3n) is 6.48. The molecule has 6 heteroatoms. The van der Waals surface area contributed by atoms with Gasteiger partial charge in [0.15, 0.2) is 6.61 Å². The number of nitrogens with zero attached hydrogens (tertiary/aromatic N) is 3. The van der Waals surface area contributed by atoms with Crippen molar-refractivity contribution in [2.75, 3.05) is 59.5 Å². The van der Waals surface area contributed by atoms with Crippen LogP contribution in [0, 0.1) is 11.8 Å². The molecule has 0 radical (unpaired) electrons. The molecule has 3 heterocycles. The average Bonchev–Trinajstić information content (AvgIpc) is 2.68. The van der Waals surface area contributed by atoms with E-state index in [0.29, 0.717) is 6.54 Å². The second-order valence-electron chi connectivity index (χ2n) is 8.36. The van der Waals surface area contributed by atoms with Crippen molar-refractivity contribution in [2.24, 2.45) is 11.8 Å². The fraction of sp³-hybridized carbons (Fsp3) is 0.900. The Morgan fingerprint density at radius 3 is 2.04 bits per heavy atom. The first kappa shape index (κ1) is 19.6. The number of carbonyl (C=O) groups excluding carboxylic acids is 2. The number of esters is 1. The Kier molecular flexibility index (Phi) is 7.32. The summed E-state index contributed by atoms with van der Waals surface area (Å²) in [5.74, 6) is 1.38. The molecule has 3 saturated heterocycles. The van der Waals surface area contributed by atoms with Crippen molar-refractivity contribution >= 4 is 11.9 Å². The lowest BCUT2D eigenvalue weighted by molar-refractivity contribution is -0.153. The highest BCUT2D eigenvalue weighted by molar-refractivity contribution is 5.81. The second kappa shape index (κ2) is 9.70. The fourth-order valence-electron chi connectivity index (χ4n) is 4.69. The van der Waals surface area contributed by atoms with Gasteiger partial charge in [0.25, 0.3) is 5.91 Å². The molecular weight excluding hydrogens is 330 g/mol. The van der Waals surface area contributed by atoms with Crippen molar-refractivity contribution in [1.82, 2.24) is 14.7 Å². The molecule has 0 spiro atoms. The molecule has 3 rings (SSSR count). The molecule has 0 N–H and O–H groups in total. The Hall–Kier alpha value is -1.14. The van der Waals surface area contributed by atoms with Crippen LogP contribution in [0.5, 0.6) is 0 Å². The summed E-state index contributed by atoms with van der Waals surface area (Å²) in [5, 5.41) is 0. The van der Waals surface area contributed by atoms with Crippen molar-refractivity contribution in [3.05, 3.63) is 0 Å². The van der Waals surface area contributed by atoms with E-state index in [9.17, 15) is 9.59 Å². The van der Waals surface area contributed by atoms with Crippen LogP contribution in [0.3, 0.4) is 0 Å². The zero-order valence-corrected chi connectivity index (χ0v) is 16.3. The lowest BCUT2D eigenvalue weighted by atomic mass is 9.79. The molecule has 148 valence electrons. The minimum Gasteiger partial charge on any atom is -0.455 e. The summed E-state index contributed by atoms with van der Waals surface area (Å²) in [5.41, 5.74) is 0. The van der Waals surface area contributed by atoms with Crippen molar-refractivity contribution in [1.29, 1.82) is 0 Å². The van der Waals surface area contributed by atoms with E-state index in [4.69, 9.17) is 4.74 Å². The van der Waals surface area contributed by atoms with Crippen molar-refractivity contribution in [3.8, 4) is 0 Å². The van der Waals surface area contributed by atoms with Gasteiger partial charge >= 0.3 is 5.97 Å². The predicted molar refractivity (Wildman–Crippen MR) is 101 cm³/mol. The molecule has 0 bridgehead atoms. The highest BCUT2D eigenvalue weighted by atomic mass is 16.5. The maximum Gasteiger partial charge on any atom is 0.320 e. The maximum absolute atomic E-state index is 12.1. The van der Waals surface area contributed by atoms with Gasteiger partial charge in [-0.05, 0) is 90.0 Å². The number of piperidine rings is 3. The number of amides is 1. The number of rotatable bonds is 5. The second-order valence-corrected chi connectivity index (χ2v) is 8.36. The number of ether oxygens (including phenoxy) is 1. The zero-order valence-electron chi connectivity index (χ0n) is 16.3. The first-order chi connectivity index (χ1) is 12.6. The SMILES string of the molecule is CN1CCC(C2CCN(CC(=O)OCC(=O)N3CCCCC3)CC2)CC1. The summed E-state index contributed by atoms with van der Waals surface area (Å²) in [6.45, 7) is 6.25. The van der Waals surface area contributed by atoms with Gasteiger partial charge in [0, 0.05) is 13.1 Å². The van der Waals surface area contributed by atoms with E-state index >= 15 is 0 Å². The highest BCUT2D eigenvalue weighted by Crippen LogP contribution is 2.32. The zero-order chi connectivity index (χ0) is 18.4. The van der Waals surface area contributed by atoms with Crippen LogP contribution in [0.4, 0.5) is 0 Å². The summed E-state index contributed by atoms with van der Waals surface area (Å²) in [6.07, 6.45) is 8.33. The summed E-state index contributed by atoms with van der Waals surface area (Å²) in [4.78, 5) is 30.6. The summed E-state index contributed by atoms with van der Waals surface area (Å²) in [7, 11) is 2.21. The van der Waals surface area contributed by atoms with E-state index in [1.807, 2.05) is 4.90 Å². The molecule has 3 fully saturated rings. The smallest absolute Gasteiger partial charge is 0.320 e. The van der Waals surface area contributed by atoms with Crippen molar-refractivity contribution in [3.63, 3.8) is 0 Å². The van der Waals surface area contributed by atoms with Gasteiger partial charge in [0.05, 0.1) is 6.54 Å². The molecule has 3 aliphatic rings. The van der Waals surface area contributed by atoms with Crippen LogP contribution in [0.25, 0.3) is 0 Å². The molecule has 26 heavy (non-hydrogen) atoms. The molecule has 3 aliphatic heterocycles. The van der Waals surface area contributed by atoms with E-state index in [1.54, 1.807) is 0 Å². The lowest BCUT2D eigenvalue weighted by Crippen LogP contribution is -2.42. The van der Waals surface area contributed by atoms with Gasteiger partial charge in [-0.2, -0.15) is 0 Å². The van der Waals surface area contributed by atoms with Gasteiger partial charge in [0.1, 0.15) is 0 Å². The number of carbonyl (C=O) groups is 2. The monoisotopic (exact) mass is 365 g/mol. The van der Waals surface area contributed by atoms with Crippen LogP contribution in [0.1, 0.15) is 44.9 Å². The van der Waals surface area contributed by atoms with Gasteiger partial charge in [-0.15, -0.1) is 0 Å². The first-order valence-electron chi connectivity index (χ1n) is 10.5. The predicted octanol–water partition coefficient (Wildman–Crippen LogP) is 1.60. The molecule has 6 nitrogen and oxygen atoms in total. The molecule has 0 aromatic heterocycles. The van der Waals surface area contributed by atoms with Crippen LogP contribution < -0.4 is 0 Å². The molecule has 0 aliphatic carbocycles. The summed E-state index contributed by atoms with van der Waals surface area (Å²) >= 11 is 0. The maximum atomic E-state index is 12.1. The molecule has 0 saturated carbocycles. The Morgan fingerprint density at radius 1 is 0.846 bits per heavy atom. The number of likely N-dealkylation sites (tertiary alicyclic amines) is 3. The first-order valence-corrected chi connectivity index (χ1v) is 10.5. The average molecular weight is 366 g/mol. The van der Waals surface area contributed by atoms with Gasteiger partial charge in [0.2, 0.25) is 0 Å². The summed E-state index contributed by atoms with van der Waals surface area (Å²) < 4.78 is 5.24. The molecule has 0 aromatic carbocycles. The van der Waals surface area contributed by atoms with E-state index in [-0.39, 0.29) is 18.5 Å². The largest absolute Gasteiger partial charge is 0.455 e. The van der Waals surface area contributed by atoms with Crippen LogP contribution in [0.15, 0.2) is 0 Å². The Morgan fingerprint density at radius 2 is 1.42 bits per heavy atom. The van der Waals surface area contributed by atoms with E-state index < -0.39 is 0 Å². The van der Waals surface area contributed by atoms with Gasteiger partial charge in [-0.3, -0.25) is 14.5 Å². The van der Waals surface area contributed by atoms with Crippen LogP contribution in [0.2, 0.25) is 0 Å². The molecule has 1 amide bonds. The standard InChI is InChI=1S/C20H35N3O3/c1-21-11-5-17(6-12-21)18-7-13-22(14-8-18)15-20(25)26-16-19(24)23-9-3-2-4-10-23/h17-18H,2-16H2,1H3. The van der Waals surface area contributed by atoms with Gasteiger partial charge in [-0.1, -0.05) is 0 Å². The van der Waals surface area contributed by atoms with Crippen molar-refractivity contribution in [2.45, 2.75) is 44.9 Å². The number of hydrogen-bond acceptors (Lipinski definition) is 5. The lowest BCUT2D eigenvalue weighted by Gasteiger charge is -2.39. The number of hydrogen-bond donors (Lipinski definition) is 0. The summed E-state index contributed by atoms with van der Waals surface area (Å²) in [6, 6.07) is 0. The third kappa shape index (κ3) is 5.68. The minimum atomic E-state index is -0.256. The molecule has 0 aromatic rings. The van der Waals surface area contributed by atoms with Gasteiger partial charge in [-0.25, -0.2) is 0 Å². The van der Waals surface area contributed by atoms with Crippen molar-refractivity contribution < 1.29 is 14.3 Å². The highest BCUT2D eigenvalue weighted by Gasteiger charge is 2.29. The third-order valence-corrected chi connectivity index (χ3v) is 6.48.